The first kappa shape index (κ1) is 19.2. The Hall–Kier alpha value is -3.16. The van der Waals surface area contributed by atoms with Crippen molar-refractivity contribution in [1.29, 1.82) is 0 Å². The van der Waals surface area contributed by atoms with Gasteiger partial charge in [-0.1, -0.05) is 38.0 Å². The lowest BCUT2D eigenvalue weighted by Gasteiger charge is -2.19. The quantitative estimate of drug-likeness (QED) is 0.442. The number of ketones is 1. The molecular formula is C21H23N3O5. The minimum Gasteiger partial charge on any atom is -0.456 e. The highest BCUT2D eigenvalue weighted by atomic mass is 16.5. The lowest BCUT2D eigenvalue weighted by atomic mass is 9.98. The molecule has 2 fully saturated rings. The van der Waals surface area contributed by atoms with Gasteiger partial charge in [0, 0.05) is 22.7 Å². The number of fused-ring (bicyclic) bond motifs is 1. The second kappa shape index (κ2) is 7.35. The van der Waals surface area contributed by atoms with Crippen molar-refractivity contribution < 1.29 is 23.9 Å². The van der Waals surface area contributed by atoms with E-state index < -0.39 is 30.7 Å². The molecule has 1 aromatic heterocycles. The molecule has 8 heteroatoms. The zero-order chi connectivity index (χ0) is 20.6. The fourth-order valence-electron chi connectivity index (χ4n) is 4.28. The normalized spacial score (nSPS) is 17.9. The first-order valence-electron chi connectivity index (χ1n) is 9.87. The summed E-state index contributed by atoms with van der Waals surface area (Å²) in [5.74, 6) is -1.51. The highest BCUT2D eigenvalue weighted by molar-refractivity contribution is 6.10. The van der Waals surface area contributed by atoms with Crippen LogP contribution in [-0.2, 0) is 20.7 Å². The third-order valence-corrected chi connectivity index (χ3v) is 5.84. The van der Waals surface area contributed by atoms with Gasteiger partial charge in [0.15, 0.2) is 6.61 Å². The molecule has 3 amide bonds. The van der Waals surface area contributed by atoms with Crippen LogP contribution in [0.5, 0.6) is 0 Å². The van der Waals surface area contributed by atoms with Crippen molar-refractivity contribution in [1.82, 2.24) is 15.2 Å². The van der Waals surface area contributed by atoms with Crippen LogP contribution in [0.3, 0.4) is 0 Å². The van der Waals surface area contributed by atoms with Gasteiger partial charge in [-0.2, -0.15) is 0 Å². The number of para-hydroxylation sites is 1. The van der Waals surface area contributed by atoms with Crippen LogP contribution in [0.1, 0.15) is 48.5 Å². The molecule has 0 bridgehead atoms. The topological polar surface area (TPSA) is 109 Å². The van der Waals surface area contributed by atoms with Crippen molar-refractivity contribution in [2.24, 2.45) is 0 Å². The molecule has 1 saturated carbocycles. The van der Waals surface area contributed by atoms with E-state index in [1.807, 2.05) is 25.1 Å². The van der Waals surface area contributed by atoms with E-state index in [4.69, 9.17) is 4.74 Å². The molecule has 2 aromatic rings. The Balaban J connectivity index is 1.38. The van der Waals surface area contributed by atoms with E-state index in [9.17, 15) is 19.2 Å². The number of carbonyl (C=O) groups excluding carboxylic acids is 4. The van der Waals surface area contributed by atoms with Crippen LogP contribution in [0, 0.1) is 0 Å². The number of Topliss-reactive ketones (excluding diaryl/α,β-unsaturated/α-hetero) is 1. The second-order valence-corrected chi connectivity index (χ2v) is 7.59. The summed E-state index contributed by atoms with van der Waals surface area (Å²) in [5, 5.41) is 3.49. The number of rotatable bonds is 6. The van der Waals surface area contributed by atoms with Gasteiger partial charge >= 0.3 is 12.0 Å². The molecule has 1 saturated heterocycles. The maximum Gasteiger partial charge on any atom is 0.326 e. The number of aromatic nitrogens is 1. The van der Waals surface area contributed by atoms with E-state index in [0.717, 1.165) is 40.6 Å². The SMILES string of the molecule is CCc1cccc2c(C(=O)COC(=O)CN3C(=O)NC4(CCCC4)C3=O)c[nH]c12. The van der Waals surface area contributed by atoms with Gasteiger partial charge in [0.2, 0.25) is 5.78 Å². The van der Waals surface area contributed by atoms with Crippen LogP contribution < -0.4 is 5.32 Å². The van der Waals surface area contributed by atoms with Crippen LogP contribution in [0.15, 0.2) is 24.4 Å². The molecule has 1 aliphatic heterocycles. The van der Waals surface area contributed by atoms with Gasteiger partial charge in [-0.3, -0.25) is 19.3 Å². The Kier molecular flexibility index (Phi) is 4.86. The molecule has 1 aromatic carbocycles. The van der Waals surface area contributed by atoms with Crippen LogP contribution in [0.25, 0.3) is 10.9 Å². The summed E-state index contributed by atoms with van der Waals surface area (Å²) in [7, 11) is 0. The molecule has 2 aliphatic rings. The average molecular weight is 397 g/mol. The number of aryl methyl sites for hydroxylation is 1. The van der Waals surface area contributed by atoms with Crippen molar-refractivity contribution in [2.45, 2.75) is 44.6 Å². The monoisotopic (exact) mass is 397 g/mol. The van der Waals surface area contributed by atoms with Crippen molar-refractivity contribution in [3.05, 3.63) is 35.5 Å². The molecule has 2 N–H and O–H groups in total. The Morgan fingerprint density at radius 3 is 2.69 bits per heavy atom. The van der Waals surface area contributed by atoms with E-state index in [-0.39, 0.29) is 11.7 Å². The number of amides is 3. The molecule has 29 heavy (non-hydrogen) atoms. The molecule has 152 valence electrons. The summed E-state index contributed by atoms with van der Waals surface area (Å²) in [6, 6.07) is 5.13. The van der Waals surface area contributed by atoms with Gasteiger partial charge in [-0.25, -0.2) is 4.79 Å². The zero-order valence-corrected chi connectivity index (χ0v) is 16.2. The minimum atomic E-state index is -0.867. The van der Waals surface area contributed by atoms with Gasteiger partial charge in [-0.15, -0.1) is 0 Å². The van der Waals surface area contributed by atoms with E-state index in [1.165, 1.54) is 0 Å². The molecule has 0 atom stereocenters. The van der Waals surface area contributed by atoms with Crippen LogP contribution in [0.2, 0.25) is 0 Å². The lowest BCUT2D eigenvalue weighted by molar-refractivity contribution is -0.146. The number of nitrogens with zero attached hydrogens (tertiary/aromatic N) is 1. The van der Waals surface area contributed by atoms with Crippen molar-refractivity contribution >= 4 is 34.6 Å². The smallest absolute Gasteiger partial charge is 0.326 e. The summed E-state index contributed by atoms with van der Waals surface area (Å²) in [4.78, 5) is 53.4. The van der Waals surface area contributed by atoms with Crippen LogP contribution >= 0.6 is 0 Å². The van der Waals surface area contributed by atoms with Gasteiger partial charge in [0.1, 0.15) is 12.1 Å². The highest BCUT2D eigenvalue weighted by Gasteiger charge is 2.52. The molecule has 1 spiro atoms. The molecule has 1 aliphatic carbocycles. The van der Waals surface area contributed by atoms with Crippen molar-refractivity contribution in [3.8, 4) is 0 Å². The largest absolute Gasteiger partial charge is 0.456 e. The maximum atomic E-state index is 12.6. The van der Waals surface area contributed by atoms with E-state index >= 15 is 0 Å². The number of nitrogens with one attached hydrogen (secondary N) is 2. The number of urea groups is 1. The number of ether oxygens (including phenoxy) is 1. The maximum absolute atomic E-state index is 12.6. The summed E-state index contributed by atoms with van der Waals surface area (Å²) < 4.78 is 5.07. The number of esters is 1. The third-order valence-electron chi connectivity index (χ3n) is 5.84. The lowest BCUT2D eigenvalue weighted by Crippen LogP contribution is -2.44. The number of H-pyrrole nitrogens is 1. The van der Waals surface area contributed by atoms with Crippen LogP contribution in [-0.4, -0.2) is 52.3 Å². The first-order valence-corrected chi connectivity index (χ1v) is 9.87. The standard InChI is InChI=1S/C21H23N3O5/c1-2-13-6-5-7-14-15(10-22-18(13)14)16(25)12-29-17(26)11-24-19(27)21(23-20(24)28)8-3-4-9-21/h5-7,10,22H,2-4,8-9,11-12H2,1H3,(H,23,28). The zero-order valence-electron chi connectivity index (χ0n) is 16.2. The number of hydrogen-bond donors (Lipinski definition) is 2. The second-order valence-electron chi connectivity index (χ2n) is 7.59. The Morgan fingerprint density at radius 2 is 1.97 bits per heavy atom. The number of benzene rings is 1. The van der Waals surface area contributed by atoms with E-state index in [1.54, 1.807) is 6.20 Å². The minimum absolute atomic E-state index is 0.345. The third kappa shape index (κ3) is 3.28. The summed E-state index contributed by atoms with van der Waals surface area (Å²) in [5.41, 5.74) is 1.57. The predicted molar refractivity (Wildman–Crippen MR) is 104 cm³/mol. The fraction of sp³-hybridized carbons (Fsp3) is 0.429. The molecule has 4 rings (SSSR count). The number of imide groups is 1. The molecule has 8 nitrogen and oxygen atoms in total. The van der Waals surface area contributed by atoms with Gasteiger partial charge in [-0.05, 0) is 24.8 Å². The van der Waals surface area contributed by atoms with Crippen LogP contribution in [0.4, 0.5) is 4.79 Å². The average Bonchev–Trinajstić information content (AvgIpc) is 3.41. The Labute approximate surface area is 167 Å². The highest BCUT2D eigenvalue weighted by Crippen LogP contribution is 2.34. The Morgan fingerprint density at radius 1 is 1.21 bits per heavy atom. The van der Waals surface area contributed by atoms with E-state index in [0.29, 0.717) is 18.4 Å². The Bertz CT molecular complexity index is 1000. The summed E-state index contributed by atoms with van der Waals surface area (Å²) in [6.07, 6.45) is 5.34. The molecular weight excluding hydrogens is 374 g/mol. The number of hydrogen-bond acceptors (Lipinski definition) is 5. The summed E-state index contributed by atoms with van der Waals surface area (Å²) in [6.45, 7) is 1.09. The first-order chi connectivity index (χ1) is 13.9. The molecule has 2 heterocycles. The van der Waals surface area contributed by atoms with Gasteiger partial charge < -0.3 is 15.0 Å². The summed E-state index contributed by atoms with van der Waals surface area (Å²) >= 11 is 0. The fourth-order valence-corrected chi connectivity index (χ4v) is 4.28. The number of aromatic amines is 1. The van der Waals surface area contributed by atoms with Crippen molar-refractivity contribution in [2.75, 3.05) is 13.2 Å². The molecule has 0 radical (unpaired) electrons. The number of carbonyl (C=O) groups is 4. The predicted octanol–water partition coefficient (Wildman–Crippen LogP) is 2.32. The van der Waals surface area contributed by atoms with Crippen molar-refractivity contribution in [3.63, 3.8) is 0 Å². The van der Waals surface area contributed by atoms with Gasteiger partial charge in [0.05, 0.1) is 0 Å². The van der Waals surface area contributed by atoms with E-state index in [2.05, 4.69) is 10.3 Å². The van der Waals surface area contributed by atoms with Gasteiger partial charge in [0.25, 0.3) is 5.91 Å². The molecule has 0 unspecified atom stereocenters.